The molecule has 1 atom stereocenters. The third-order valence-corrected chi connectivity index (χ3v) is 0.500. The molecule has 0 aromatic heterocycles. The monoisotopic (exact) mass is 157 g/mol. The number of hydrogen-bond donors (Lipinski definition) is 1. The van der Waals surface area contributed by atoms with Crippen LogP contribution in [0.2, 0.25) is 0 Å². The Labute approximate surface area is 55.5 Å². The Morgan fingerprint density at radius 3 is 1.62 bits per heavy atom. The molecule has 0 saturated carbocycles. The van der Waals surface area contributed by atoms with Crippen LogP contribution < -0.4 is 0 Å². The highest BCUT2D eigenvalue weighted by atomic mass is 35.7. The lowest BCUT2D eigenvalue weighted by atomic mass is 10.4. The standard InChI is InChI=1S/C4H10.ClO2P/c1-3-4-2;1-4(2)3/h3-4H2,1-2H3;/p+1. The summed E-state index contributed by atoms with van der Waals surface area (Å²) in [7, 11) is -2.40. The van der Waals surface area contributed by atoms with E-state index in [-0.39, 0.29) is 0 Å². The topological polar surface area (TPSA) is 37.3 Å². The molecule has 0 saturated heterocycles. The summed E-state index contributed by atoms with van der Waals surface area (Å²) in [5, 5.41) is 0. The van der Waals surface area contributed by atoms with Gasteiger partial charge in [0, 0.05) is 0 Å². The summed E-state index contributed by atoms with van der Waals surface area (Å²) >= 11 is 4.34. The summed E-state index contributed by atoms with van der Waals surface area (Å²) in [6, 6.07) is 0. The Kier molecular flexibility index (Phi) is 14.5. The number of halogens is 1. The van der Waals surface area contributed by atoms with Crippen LogP contribution in [0.15, 0.2) is 0 Å². The van der Waals surface area contributed by atoms with Crippen molar-refractivity contribution in [1.82, 2.24) is 0 Å². The maximum Gasteiger partial charge on any atom is 0.631 e. The lowest BCUT2D eigenvalue weighted by molar-refractivity contribution is 0.518. The molecule has 0 aromatic rings. The largest absolute Gasteiger partial charge is 0.631 e. The summed E-state index contributed by atoms with van der Waals surface area (Å²) < 4.78 is 8.91. The molecule has 8 heavy (non-hydrogen) atoms. The van der Waals surface area contributed by atoms with E-state index in [1.165, 1.54) is 12.8 Å². The van der Waals surface area contributed by atoms with Crippen molar-refractivity contribution < 1.29 is 9.46 Å². The normalized spacial score (nSPS) is 9.25. The Morgan fingerprint density at radius 2 is 1.62 bits per heavy atom. The van der Waals surface area contributed by atoms with Crippen molar-refractivity contribution in [3.8, 4) is 0 Å². The molecule has 0 heterocycles. The quantitative estimate of drug-likeness (QED) is 0.595. The zero-order valence-corrected chi connectivity index (χ0v) is 6.75. The maximum absolute atomic E-state index is 8.91. The molecule has 0 aliphatic carbocycles. The SMILES string of the molecule is CCCC.O=[P+](O)Cl. The highest BCUT2D eigenvalue weighted by Crippen LogP contribution is 2.17. The van der Waals surface area contributed by atoms with E-state index in [0.717, 1.165) is 0 Å². The van der Waals surface area contributed by atoms with E-state index in [9.17, 15) is 0 Å². The Hall–Kier alpha value is 0.350. The zero-order valence-electron chi connectivity index (χ0n) is 5.09. The molecule has 1 N–H and O–H groups in total. The average molecular weight is 158 g/mol. The van der Waals surface area contributed by atoms with Crippen molar-refractivity contribution in [2.24, 2.45) is 0 Å². The van der Waals surface area contributed by atoms with Gasteiger partial charge in [-0.15, -0.1) is 4.89 Å². The number of hydrogen-bond acceptors (Lipinski definition) is 1. The molecule has 4 heteroatoms. The second-order valence-corrected chi connectivity index (χ2v) is 2.55. The first-order valence-electron chi connectivity index (χ1n) is 2.47. The Bertz CT molecular complexity index is 52.0. The minimum atomic E-state index is -2.40. The molecule has 0 radical (unpaired) electrons. The third-order valence-electron chi connectivity index (χ3n) is 0.500. The summed E-state index contributed by atoms with van der Waals surface area (Å²) in [6.45, 7) is 4.36. The van der Waals surface area contributed by atoms with Crippen molar-refractivity contribution >= 4 is 18.6 Å². The van der Waals surface area contributed by atoms with Crippen LogP contribution in [0.5, 0.6) is 0 Å². The van der Waals surface area contributed by atoms with Crippen LogP contribution >= 0.6 is 18.6 Å². The average Bonchev–Trinajstić information content (AvgIpc) is 1.65. The van der Waals surface area contributed by atoms with Gasteiger partial charge in [-0.25, -0.2) is 0 Å². The molecule has 0 aliphatic rings. The van der Waals surface area contributed by atoms with E-state index in [0.29, 0.717) is 0 Å². The first kappa shape index (κ1) is 11.2. The molecular weight excluding hydrogens is 146 g/mol. The van der Waals surface area contributed by atoms with Crippen LogP contribution in [0.3, 0.4) is 0 Å². The summed E-state index contributed by atoms with van der Waals surface area (Å²) in [5.41, 5.74) is 0. The smallest absolute Gasteiger partial charge is 0.145 e. The van der Waals surface area contributed by atoms with E-state index in [4.69, 9.17) is 9.46 Å². The molecule has 50 valence electrons. The highest BCUT2D eigenvalue weighted by molar-refractivity contribution is 7.68. The van der Waals surface area contributed by atoms with Gasteiger partial charge in [-0.2, -0.15) is 0 Å². The molecule has 0 spiro atoms. The zero-order chi connectivity index (χ0) is 6.99. The van der Waals surface area contributed by atoms with Crippen LogP contribution in [0, 0.1) is 0 Å². The first-order chi connectivity index (χ1) is 3.65. The van der Waals surface area contributed by atoms with Gasteiger partial charge in [-0.3, -0.25) is 0 Å². The Balaban J connectivity index is 0. The van der Waals surface area contributed by atoms with Gasteiger partial charge in [0.15, 0.2) is 0 Å². The van der Waals surface area contributed by atoms with Crippen LogP contribution in [-0.2, 0) is 4.57 Å². The Morgan fingerprint density at radius 1 is 1.50 bits per heavy atom. The van der Waals surface area contributed by atoms with E-state index in [1.54, 1.807) is 0 Å². The molecule has 0 aliphatic heterocycles. The molecule has 1 unspecified atom stereocenters. The van der Waals surface area contributed by atoms with E-state index in [1.807, 2.05) is 0 Å². The van der Waals surface area contributed by atoms with Crippen molar-refractivity contribution in [3.05, 3.63) is 0 Å². The predicted octanol–water partition coefficient (Wildman–Crippen LogP) is 2.68. The van der Waals surface area contributed by atoms with Crippen LogP contribution in [0.1, 0.15) is 26.7 Å². The minimum absolute atomic E-state index is 1.32. The fourth-order valence-electron chi connectivity index (χ4n) is 0. The van der Waals surface area contributed by atoms with Gasteiger partial charge in [-0.1, -0.05) is 26.7 Å². The summed E-state index contributed by atoms with van der Waals surface area (Å²) in [5.74, 6) is 0. The first-order valence-corrected chi connectivity index (χ1v) is 4.58. The van der Waals surface area contributed by atoms with Gasteiger partial charge in [0.1, 0.15) is 0 Å². The van der Waals surface area contributed by atoms with Gasteiger partial charge in [0.2, 0.25) is 11.2 Å². The van der Waals surface area contributed by atoms with Crippen molar-refractivity contribution in [2.75, 3.05) is 0 Å². The molecule has 0 rings (SSSR count). The molecular formula is C4H11ClO2P+. The second kappa shape index (κ2) is 10.4. The van der Waals surface area contributed by atoms with Gasteiger partial charge >= 0.3 is 7.38 Å². The van der Waals surface area contributed by atoms with Crippen LogP contribution in [-0.4, -0.2) is 4.89 Å². The van der Waals surface area contributed by atoms with Crippen molar-refractivity contribution in [2.45, 2.75) is 26.7 Å². The van der Waals surface area contributed by atoms with Crippen molar-refractivity contribution in [3.63, 3.8) is 0 Å². The highest BCUT2D eigenvalue weighted by Gasteiger charge is 1.95. The fraction of sp³-hybridized carbons (Fsp3) is 1.00. The van der Waals surface area contributed by atoms with Crippen LogP contribution in [0.4, 0.5) is 0 Å². The molecule has 0 fully saturated rings. The molecule has 0 aromatic carbocycles. The lowest BCUT2D eigenvalue weighted by Crippen LogP contribution is -1.47. The van der Waals surface area contributed by atoms with Crippen LogP contribution in [0.25, 0.3) is 0 Å². The molecule has 2 nitrogen and oxygen atoms in total. The van der Waals surface area contributed by atoms with E-state index in [2.05, 4.69) is 25.1 Å². The van der Waals surface area contributed by atoms with Gasteiger partial charge in [0.05, 0.1) is 0 Å². The number of unbranched alkanes of at least 4 members (excludes halogenated alkanes) is 1. The maximum atomic E-state index is 8.91. The van der Waals surface area contributed by atoms with Gasteiger partial charge in [0.25, 0.3) is 0 Å². The predicted molar refractivity (Wildman–Crippen MR) is 36.3 cm³/mol. The fourth-order valence-corrected chi connectivity index (χ4v) is 0. The van der Waals surface area contributed by atoms with E-state index >= 15 is 0 Å². The van der Waals surface area contributed by atoms with Gasteiger partial charge in [-0.05, 0) is 4.57 Å². The minimum Gasteiger partial charge on any atom is -0.145 e. The van der Waals surface area contributed by atoms with Crippen molar-refractivity contribution in [1.29, 1.82) is 0 Å². The summed E-state index contributed by atoms with van der Waals surface area (Å²) in [4.78, 5) is 7.33. The molecule has 0 amide bonds. The second-order valence-electron chi connectivity index (χ2n) is 1.23. The number of rotatable bonds is 1. The summed E-state index contributed by atoms with van der Waals surface area (Å²) in [6.07, 6.45) is 2.64. The molecule has 0 bridgehead atoms. The lowest BCUT2D eigenvalue weighted by Gasteiger charge is -1.68. The third kappa shape index (κ3) is 99.7. The van der Waals surface area contributed by atoms with E-state index < -0.39 is 7.38 Å². The van der Waals surface area contributed by atoms with Gasteiger partial charge < -0.3 is 0 Å².